The third-order valence-corrected chi connectivity index (χ3v) is 4.03. The van der Waals surface area contributed by atoms with E-state index in [-0.39, 0.29) is 11.5 Å². The summed E-state index contributed by atoms with van der Waals surface area (Å²) in [7, 11) is 0. The molecule has 1 heterocycles. The average Bonchev–Trinajstić information content (AvgIpc) is 2.64. The Morgan fingerprint density at radius 3 is 2.08 bits per heavy atom. The monoisotopic (exact) mass is 328 g/mol. The van der Waals surface area contributed by atoms with Crippen molar-refractivity contribution in [3.63, 3.8) is 0 Å². The predicted molar refractivity (Wildman–Crippen MR) is 100 cm³/mol. The first kappa shape index (κ1) is 15.0. The van der Waals surface area contributed by atoms with E-state index in [4.69, 9.17) is 4.98 Å². The SMILES string of the molecule is Oc1ccc(Nc2cc(-c3ccc(O)cc3)nc3ccccc23)cc1. The first-order valence-corrected chi connectivity index (χ1v) is 7.94. The molecule has 0 unspecified atom stereocenters. The molecule has 0 radical (unpaired) electrons. The molecule has 3 aromatic carbocycles. The van der Waals surface area contributed by atoms with Crippen LogP contribution in [-0.4, -0.2) is 15.2 Å². The Bertz CT molecular complexity index is 1030. The maximum absolute atomic E-state index is 9.49. The lowest BCUT2D eigenvalue weighted by molar-refractivity contribution is 0.475. The third-order valence-electron chi connectivity index (χ3n) is 4.03. The van der Waals surface area contributed by atoms with Gasteiger partial charge in [-0.3, -0.25) is 0 Å². The number of fused-ring (bicyclic) bond motifs is 1. The molecule has 4 heteroatoms. The number of rotatable bonds is 3. The van der Waals surface area contributed by atoms with Gasteiger partial charge in [0.1, 0.15) is 11.5 Å². The van der Waals surface area contributed by atoms with Crippen LogP contribution in [0.4, 0.5) is 11.4 Å². The molecule has 1 aromatic heterocycles. The number of hydrogen-bond donors (Lipinski definition) is 3. The highest BCUT2D eigenvalue weighted by Crippen LogP contribution is 2.31. The van der Waals surface area contributed by atoms with Crippen LogP contribution in [0.3, 0.4) is 0 Å². The van der Waals surface area contributed by atoms with Crippen molar-refractivity contribution in [3.05, 3.63) is 78.9 Å². The summed E-state index contributed by atoms with van der Waals surface area (Å²) in [5.74, 6) is 0.460. The van der Waals surface area contributed by atoms with Crippen LogP contribution in [0.2, 0.25) is 0 Å². The quantitative estimate of drug-likeness (QED) is 0.460. The molecular weight excluding hydrogens is 312 g/mol. The topological polar surface area (TPSA) is 65.4 Å². The van der Waals surface area contributed by atoms with Gasteiger partial charge in [0.2, 0.25) is 0 Å². The Morgan fingerprint density at radius 2 is 1.36 bits per heavy atom. The second-order valence-electron chi connectivity index (χ2n) is 5.79. The van der Waals surface area contributed by atoms with Crippen LogP contribution in [0, 0.1) is 0 Å². The van der Waals surface area contributed by atoms with Gasteiger partial charge in [0.15, 0.2) is 0 Å². The first-order chi connectivity index (χ1) is 12.2. The number of nitrogens with one attached hydrogen (secondary N) is 1. The van der Waals surface area contributed by atoms with Crippen LogP contribution in [0.25, 0.3) is 22.2 Å². The van der Waals surface area contributed by atoms with Gasteiger partial charge < -0.3 is 15.5 Å². The van der Waals surface area contributed by atoms with Gasteiger partial charge in [0.05, 0.1) is 16.9 Å². The fourth-order valence-electron chi connectivity index (χ4n) is 2.76. The van der Waals surface area contributed by atoms with Crippen LogP contribution < -0.4 is 5.32 Å². The molecule has 0 saturated heterocycles. The van der Waals surface area contributed by atoms with Crippen LogP contribution >= 0.6 is 0 Å². The number of pyridine rings is 1. The van der Waals surface area contributed by atoms with Crippen molar-refractivity contribution in [1.29, 1.82) is 0 Å². The standard InChI is InChI=1S/C21H16N2O2/c24-16-9-5-14(6-10-16)20-13-21(18-3-1-2-4-19(18)23-20)22-15-7-11-17(25)12-8-15/h1-13,24-25H,(H,22,23). The summed E-state index contributed by atoms with van der Waals surface area (Å²) in [5, 5.41) is 23.4. The molecule has 4 rings (SSSR count). The number of phenols is 2. The Morgan fingerprint density at radius 1 is 0.720 bits per heavy atom. The van der Waals surface area contributed by atoms with Crippen LogP contribution in [-0.2, 0) is 0 Å². The molecule has 0 spiro atoms. The van der Waals surface area contributed by atoms with Crippen molar-refractivity contribution < 1.29 is 10.2 Å². The van der Waals surface area contributed by atoms with E-state index in [9.17, 15) is 10.2 Å². The lowest BCUT2D eigenvalue weighted by Crippen LogP contribution is -1.95. The third kappa shape index (κ3) is 3.10. The van der Waals surface area contributed by atoms with Crippen molar-refractivity contribution >= 4 is 22.3 Å². The Hall–Kier alpha value is -3.53. The second-order valence-corrected chi connectivity index (χ2v) is 5.79. The average molecular weight is 328 g/mol. The van der Waals surface area contributed by atoms with E-state index >= 15 is 0 Å². The maximum atomic E-state index is 9.49. The molecular formula is C21H16N2O2. The molecule has 4 nitrogen and oxygen atoms in total. The molecule has 0 aliphatic carbocycles. The smallest absolute Gasteiger partial charge is 0.115 e. The Labute approximate surface area is 145 Å². The molecule has 0 aliphatic rings. The number of anilines is 2. The van der Waals surface area contributed by atoms with E-state index in [0.29, 0.717) is 0 Å². The van der Waals surface area contributed by atoms with Crippen LogP contribution in [0.15, 0.2) is 78.9 Å². The highest BCUT2D eigenvalue weighted by Gasteiger charge is 2.08. The largest absolute Gasteiger partial charge is 0.508 e. The minimum Gasteiger partial charge on any atom is -0.508 e. The summed E-state index contributed by atoms with van der Waals surface area (Å²) < 4.78 is 0. The number of nitrogens with zero attached hydrogens (tertiary/aromatic N) is 1. The van der Waals surface area contributed by atoms with Gasteiger partial charge in [-0.1, -0.05) is 18.2 Å². The number of aromatic hydroxyl groups is 2. The van der Waals surface area contributed by atoms with Crippen molar-refractivity contribution in [3.8, 4) is 22.8 Å². The van der Waals surface area contributed by atoms with Gasteiger partial charge in [0.25, 0.3) is 0 Å². The summed E-state index contributed by atoms with van der Waals surface area (Å²) in [6.07, 6.45) is 0. The lowest BCUT2D eigenvalue weighted by Gasteiger charge is -2.12. The van der Waals surface area contributed by atoms with Gasteiger partial charge in [-0.2, -0.15) is 0 Å². The summed E-state index contributed by atoms with van der Waals surface area (Å²) in [6.45, 7) is 0. The van der Waals surface area contributed by atoms with Gasteiger partial charge in [-0.15, -0.1) is 0 Å². The maximum Gasteiger partial charge on any atom is 0.115 e. The van der Waals surface area contributed by atoms with E-state index in [0.717, 1.165) is 33.5 Å². The van der Waals surface area contributed by atoms with Crippen molar-refractivity contribution in [2.75, 3.05) is 5.32 Å². The highest BCUT2D eigenvalue weighted by molar-refractivity contribution is 5.95. The molecule has 0 amide bonds. The number of para-hydroxylation sites is 1. The number of benzene rings is 3. The van der Waals surface area contributed by atoms with E-state index in [2.05, 4.69) is 5.32 Å². The molecule has 0 fully saturated rings. The molecule has 25 heavy (non-hydrogen) atoms. The number of aromatic nitrogens is 1. The van der Waals surface area contributed by atoms with Gasteiger partial charge in [-0.25, -0.2) is 4.98 Å². The molecule has 4 aromatic rings. The molecule has 122 valence electrons. The lowest BCUT2D eigenvalue weighted by atomic mass is 10.1. The van der Waals surface area contributed by atoms with E-state index < -0.39 is 0 Å². The summed E-state index contributed by atoms with van der Waals surface area (Å²) in [5.41, 5.74) is 4.44. The number of hydrogen-bond acceptors (Lipinski definition) is 4. The zero-order chi connectivity index (χ0) is 17.2. The molecule has 0 aliphatic heterocycles. The minimum atomic E-state index is 0.229. The van der Waals surface area contributed by atoms with Gasteiger partial charge in [-0.05, 0) is 60.7 Å². The van der Waals surface area contributed by atoms with E-state index in [1.165, 1.54) is 0 Å². The van der Waals surface area contributed by atoms with Crippen LogP contribution in [0.5, 0.6) is 11.5 Å². The number of phenolic OH excluding ortho intramolecular Hbond substituents is 2. The van der Waals surface area contributed by atoms with Gasteiger partial charge >= 0.3 is 0 Å². The van der Waals surface area contributed by atoms with Crippen molar-refractivity contribution in [2.45, 2.75) is 0 Å². The van der Waals surface area contributed by atoms with Gasteiger partial charge in [0, 0.05) is 16.6 Å². The fraction of sp³-hybridized carbons (Fsp3) is 0. The van der Waals surface area contributed by atoms with E-state index in [1.54, 1.807) is 24.3 Å². The summed E-state index contributed by atoms with van der Waals surface area (Å²) >= 11 is 0. The fourth-order valence-corrected chi connectivity index (χ4v) is 2.76. The van der Waals surface area contributed by atoms with E-state index in [1.807, 2.05) is 54.6 Å². The van der Waals surface area contributed by atoms with Crippen molar-refractivity contribution in [1.82, 2.24) is 4.98 Å². The molecule has 0 saturated carbocycles. The minimum absolute atomic E-state index is 0.229. The molecule has 0 atom stereocenters. The highest BCUT2D eigenvalue weighted by atomic mass is 16.3. The normalized spacial score (nSPS) is 10.7. The van der Waals surface area contributed by atoms with Crippen molar-refractivity contribution in [2.24, 2.45) is 0 Å². The Kier molecular flexibility index (Phi) is 3.71. The summed E-state index contributed by atoms with van der Waals surface area (Å²) in [4.78, 5) is 4.73. The van der Waals surface area contributed by atoms with Crippen LogP contribution in [0.1, 0.15) is 0 Å². The zero-order valence-electron chi connectivity index (χ0n) is 13.3. The second kappa shape index (κ2) is 6.17. The summed E-state index contributed by atoms with van der Waals surface area (Å²) in [6, 6.07) is 23.8. The molecule has 0 bridgehead atoms. The molecule has 3 N–H and O–H groups in total. The Balaban J connectivity index is 1.83. The first-order valence-electron chi connectivity index (χ1n) is 7.94. The predicted octanol–water partition coefficient (Wildman–Crippen LogP) is 5.06. The zero-order valence-corrected chi connectivity index (χ0v) is 13.3.